The second-order valence-electron chi connectivity index (χ2n) is 8.24. The number of nitrogens with zero attached hydrogens (tertiary/aromatic N) is 3. The molecular formula is C22H29N3O2S. The molecule has 0 spiro atoms. The van der Waals surface area contributed by atoms with Gasteiger partial charge in [0.25, 0.3) is 5.56 Å². The molecule has 2 heterocycles. The Bertz CT molecular complexity index is 910. The minimum absolute atomic E-state index is 0.0344. The van der Waals surface area contributed by atoms with Gasteiger partial charge in [-0.2, -0.15) is 0 Å². The third-order valence-corrected chi connectivity index (χ3v) is 7.21. The van der Waals surface area contributed by atoms with Crippen LogP contribution in [0.1, 0.15) is 64.8 Å². The first kappa shape index (κ1) is 19.5. The molecule has 2 fully saturated rings. The summed E-state index contributed by atoms with van der Waals surface area (Å²) in [6.07, 6.45) is 7.66. The molecule has 2 atom stereocenters. The number of aromatic nitrogens is 2. The summed E-state index contributed by atoms with van der Waals surface area (Å²) in [5.74, 6) is 0.497. The summed E-state index contributed by atoms with van der Waals surface area (Å²) < 4.78 is 1.87. The maximum atomic E-state index is 13.2. The lowest BCUT2D eigenvalue weighted by molar-refractivity contribution is -0.134. The van der Waals surface area contributed by atoms with Gasteiger partial charge in [-0.3, -0.25) is 14.2 Å². The summed E-state index contributed by atoms with van der Waals surface area (Å²) in [5.41, 5.74) is 0.753. The van der Waals surface area contributed by atoms with E-state index < -0.39 is 0 Å². The van der Waals surface area contributed by atoms with Crippen molar-refractivity contribution >= 4 is 28.6 Å². The van der Waals surface area contributed by atoms with Crippen molar-refractivity contribution in [2.24, 2.45) is 0 Å². The van der Waals surface area contributed by atoms with Crippen LogP contribution >= 0.6 is 11.8 Å². The zero-order valence-corrected chi connectivity index (χ0v) is 17.6. The third kappa shape index (κ3) is 3.71. The van der Waals surface area contributed by atoms with Crippen molar-refractivity contribution in [3.63, 3.8) is 0 Å². The Labute approximate surface area is 170 Å². The number of amides is 1. The molecule has 1 aromatic carbocycles. The standard InChI is InChI=1S/C22H29N3O2S/c1-15-8-7-9-16(2)24(15)20(26)14-28-22-23-19-13-6-5-12-18(19)21(27)25(22)17-10-3-4-11-17/h5-6,12-13,15-17H,3-4,7-11,14H2,1-2H3/t15-,16-/m1/s1. The molecule has 1 aromatic heterocycles. The van der Waals surface area contributed by atoms with E-state index in [9.17, 15) is 9.59 Å². The van der Waals surface area contributed by atoms with Crippen molar-refractivity contribution in [1.82, 2.24) is 14.5 Å². The fourth-order valence-electron chi connectivity index (χ4n) is 4.83. The lowest BCUT2D eigenvalue weighted by atomic mass is 9.98. The SMILES string of the molecule is C[C@@H]1CCC[C@@H](C)N1C(=O)CSc1nc2ccccc2c(=O)n1C1CCCC1. The minimum atomic E-state index is 0.0344. The van der Waals surface area contributed by atoms with Crippen LogP contribution in [0.5, 0.6) is 0 Å². The van der Waals surface area contributed by atoms with Crippen LogP contribution in [0.2, 0.25) is 0 Å². The molecule has 5 nitrogen and oxygen atoms in total. The Morgan fingerprint density at radius 1 is 1.07 bits per heavy atom. The van der Waals surface area contributed by atoms with E-state index in [0.29, 0.717) is 28.4 Å². The van der Waals surface area contributed by atoms with Crippen LogP contribution in [0, 0.1) is 0 Å². The molecule has 1 saturated carbocycles. The molecule has 0 radical (unpaired) electrons. The number of thioether (sulfide) groups is 1. The molecule has 1 aliphatic carbocycles. The van der Waals surface area contributed by atoms with Gasteiger partial charge in [0.1, 0.15) is 0 Å². The van der Waals surface area contributed by atoms with Gasteiger partial charge in [0.15, 0.2) is 5.16 Å². The largest absolute Gasteiger partial charge is 0.337 e. The Kier molecular flexibility index (Phi) is 5.76. The van der Waals surface area contributed by atoms with Gasteiger partial charge in [-0.25, -0.2) is 4.98 Å². The average molecular weight is 400 g/mol. The first-order valence-corrected chi connectivity index (χ1v) is 11.5. The van der Waals surface area contributed by atoms with E-state index in [1.165, 1.54) is 18.2 Å². The molecule has 0 bridgehead atoms. The number of hydrogen-bond donors (Lipinski definition) is 0. The molecule has 150 valence electrons. The molecule has 0 unspecified atom stereocenters. The van der Waals surface area contributed by atoms with E-state index in [0.717, 1.165) is 44.0 Å². The van der Waals surface area contributed by atoms with Gasteiger partial charge in [-0.05, 0) is 58.1 Å². The van der Waals surface area contributed by atoms with Crippen molar-refractivity contribution in [2.75, 3.05) is 5.75 Å². The number of fused-ring (bicyclic) bond motifs is 1. The summed E-state index contributed by atoms with van der Waals surface area (Å²) in [5, 5.41) is 1.37. The van der Waals surface area contributed by atoms with E-state index in [1.54, 1.807) is 0 Å². The highest BCUT2D eigenvalue weighted by atomic mass is 32.2. The number of rotatable bonds is 4. The second-order valence-corrected chi connectivity index (χ2v) is 9.19. The highest BCUT2D eigenvalue weighted by molar-refractivity contribution is 7.99. The van der Waals surface area contributed by atoms with Crippen LogP contribution in [0.3, 0.4) is 0 Å². The lowest BCUT2D eigenvalue weighted by Gasteiger charge is -2.39. The lowest BCUT2D eigenvalue weighted by Crippen LogP contribution is -2.48. The number of benzene rings is 1. The number of piperidine rings is 1. The maximum absolute atomic E-state index is 13.2. The van der Waals surface area contributed by atoms with E-state index in [2.05, 4.69) is 13.8 Å². The quantitative estimate of drug-likeness (QED) is 0.565. The molecule has 2 aromatic rings. The van der Waals surface area contributed by atoms with Gasteiger partial charge in [0.2, 0.25) is 5.91 Å². The van der Waals surface area contributed by atoms with Gasteiger partial charge < -0.3 is 4.90 Å². The monoisotopic (exact) mass is 399 g/mol. The van der Waals surface area contributed by atoms with E-state index in [1.807, 2.05) is 33.7 Å². The Morgan fingerprint density at radius 3 is 2.46 bits per heavy atom. The van der Waals surface area contributed by atoms with Gasteiger partial charge in [0.05, 0.1) is 16.7 Å². The van der Waals surface area contributed by atoms with E-state index in [4.69, 9.17) is 4.98 Å². The summed E-state index contributed by atoms with van der Waals surface area (Å²) in [7, 11) is 0. The van der Waals surface area contributed by atoms with Crippen molar-refractivity contribution in [3.05, 3.63) is 34.6 Å². The second kappa shape index (κ2) is 8.27. The summed E-state index contributed by atoms with van der Waals surface area (Å²) in [6.45, 7) is 4.28. The number of carbonyl (C=O) groups is 1. The van der Waals surface area contributed by atoms with Crippen molar-refractivity contribution < 1.29 is 4.79 Å². The summed E-state index contributed by atoms with van der Waals surface area (Å²) in [4.78, 5) is 33.0. The third-order valence-electron chi connectivity index (χ3n) is 6.27. The van der Waals surface area contributed by atoms with Crippen molar-refractivity contribution in [1.29, 1.82) is 0 Å². The predicted octanol–water partition coefficient (Wildman–Crippen LogP) is 4.39. The van der Waals surface area contributed by atoms with Crippen LogP contribution in [0.25, 0.3) is 10.9 Å². The highest BCUT2D eigenvalue weighted by Gasteiger charge is 2.29. The molecule has 2 aliphatic rings. The van der Waals surface area contributed by atoms with Gasteiger partial charge in [-0.1, -0.05) is 36.7 Å². The summed E-state index contributed by atoms with van der Waals surface area (Å²) >= 11 is 1.43. The fraction of sp³-hybridized carbons (Fsp3) is 0.591. The maximum Gasteiger partial charge on any atom is 0.262 e. The van der Waals surface area contributed by atoms with Crippen molar-refractivity contribution in [3.8, 4) is 0 Å². The highest BCUT2D eigenvalue weighted by Crippen LogP contribution is 2.32. The Balaban J connectivity index is 1.63. The fourth-order valence-corrected chi connectivity index (χ4v) is 5.76. The first-order valence-electron chi connectivity index (χ1n) is 10.5. The predicted molar refractivity (Wildman–Crippen MR) is 114 cm³/mol. The van der Waals surface area contributed by atoms with Gasteiger partial charge >= 0.3 is 0 Å². The molecule has 4 rings (SSSR count). The van der Waals surface area contributed by atoms with Crippen LogP contribution < -0.4 is 5.56 Å². The van der Waals surface area contributed by atoms with Crippen LogP contribution in [0.4, 0.5) is 0 Å². The van der Waals surface area contributed by atoms with Gasteiger partial charge in [-0.15, -0.1) is 0 Å². The average Bonchev–Trinajstić information content (AvgIpc) is 3.20. The van der Waals surface area contributed by atoms with Crippen LogP contribution in [-0.4, -0.2) is 38.2 Å². The van der Waals surface area contributed by atoms with Crippen LogP contribution in [0.15, 0.2) is 34.2 Å². The smallest absolute Gasteiger partial charge is 0.262 e. The topological polar surface area (TPSA) is 55.2 Å². The Hall–Kier alpha value is -1.82. The molecule has 1 saturated heterocycles. The van der Waals surface area contributed by atoms with E-state index in [-0.39, 0.29) is 17.5 Å². The molecule has 1 aliphatic heterocycles. The molecule has 0 N–H and O–H groups in total. The normalized spacial score (nSPS) is 23.4. The number of carbonyl (C=O) groups excluding carboxylic acids is 1. The molecule has 28 heavy (non-hydrogen) atoms. The molecule has 6 heteroatoms. The van der Waals surface area contributed by atoms with Gasteiger partial charge in [0, 0.05) is 18.1 Å². The van der Waals surface area contributed by atoms with E-state index >= 15 is 0 Å². The minimum Gasteiger partial charge on any atom is -0.337 e. The molecule has 1 amide bonds. The van der Waals surface area contributed by atoms with Crippen molar-refractivity contribution in [2.45, 2.75) is 82.1 Å². The Morgan fingerprint density at radius 2 is 1.75 bits per heavy atom. The number of hydrogen-bond acceptors (Lipinski definition) is 4. The summed E-state index contributed by atoms with van der Waals surface area (Å²) in [6, 6.07) is 8.32. The zero-order valence-electron chi connectivity index (χ0n) is 16.8. The number of para-hydroxylation sites is 1. The number of likely N-dealkylation sites (tertiary alicyclic amines) is 1. The zero-order chi connectivity index (χ0) is 19.7. The first-order chi connectivity index (χ1) is 13.6. The molecular weight excluding hydrogens is 370 g/mol. The van der Waals surface area contributed by atoms with Crippen LogP contribution in [-0.2, 0) is 4.79 Å².